The molecule has 5 rings (SSSR count). The maximum absolute atomic E-state index is 12.4. The summed E-state index contributed by atoms with van der Waals surface area (Å²) < 4.78 is 13.7. The van der Waals surface area contributed by atoms with Crippen molar-refractivity contribution in [2.24, 2.45) is 0 Å². The molecule has 1 fully saturated rings. The standard InChI is InChI=1S/C31H36N6O3/c1-5-37-21-26(29(35-37)23-9-7-14-32-20-23)27-11-15-33-28(34-27)19-22-8-6-10-25(18-22)39-24-12-16-36(17-13-24)30(38)40-31(2,3)4/h6-11,14-15,18,20-21,24H,5,12-13,16-17,19H2,1-4H3. The van der Waals surface area contributed by atoms with Crippen LogP contribution in [0.15, 0.2) is 67.3 Å². The maximum Gasteiger partial charge on any atom is 0.410 e. The van der Waals surface area contributed by atoms with Gasteiger partial charge < -0.3 is 14.4 Å². The fraction of sp³-hybridized carbons (Fsp3) is 0.387. The number of hydrogen-bond acceptors (Lipinski definition) is 7. The van der Waals surface area contributed by atoms with Gasteiger partial charge in [-0.15, -0.1) is 0 Å². The molecule has 0 atom stereocenters. The van der Waals surface area contributed by atoms with Crippen LogP contribution < -0.4 is 4.74 Å². The molecular weight excluding hydrogens is 504 g/mol. The molecule has 0 aliphatic carbocycles. The first-order chi connectivity index (χ1) is 19.3. The van der Waals surface area contributed by atoms with Crippen LogP contribution in [0.1, 0.15) is 51.9 Å². The topological polar surface area (TPSA) is 95.3 Å². The molecular formula is C31H36N6O3. The van der Waals surface area contributed by atoms with E-state index in [4.69, 9.17) is 19.6 Å². The summed E-state index contributed by atoms with van der Waals surface area (Å²) in [4.78, 5) is 27.8. The van der Waals surface area contributed by atoms with Gasteiger partial charge in [-0.2, -0.15) is 5.10 Å². The molecule has 0 saturated carbocycles. The normalized spacial score (nSPS) is 14.2. The largest absolute Gasteiger partial charge is 0.490 e. The number of ether oxygens (including phenoxy) is 2. The number of nitrogens with zero attached hydrogens (tertiary/aromatic N) is 6. The second-order valence-corrected chi connectivity index (χ2v) is 11.0. The number of pyridine rings is 1. The number of likely N-dealkylation sites (tertiary alicyclic amines) is 1. The molecule has 0 radical (unpaired) electrons. The van der Waals surface area contributed by atoms with Gasteiger partial charge in [0.25, 0.3) is 0 Å². The molecule has 208 valence electrons. The fourth-order valence-corrected chi connectivity index (χ4v) is 4.71. The number of hydrogen-bond donors (Lipinski definition) is 0. The fourth-order valence-electron chi connectivity index (χ4n) is 4.71. The Balaban J connectivity index is 1.25. The zero-order valence-electron chi connectivity index (χ0n) is 23.6. The third-order valence-corrected chi connectivity index (χ3v) is 6.66. The lowest BCUT2D eigenvalue weighted by Gasteiger charge is -2.33. The number of amides is 1. The Hall–Kier alpha value is -4.27. The highest BCUT2D eigenvalue weighted by Crippen LogP contribution is 2.30. The van der Waals surface area contributed by atoms with Crippen LogP contribution in [0.3, 0.4) is 0 Å². The van der Waals surface area contributed by atoms with Crippen molar-refractivity contribution < 1.29 is 14.3 Å². The predicted molar refractivity (Wildman–Crippen MR) is 153 cm³/mol. The third kappa shape index (κ3) is 6.83. The summed E-state index contributed by atoms with van der Waals surface area (Å²) in [6.07, 6.45) is 9.29. The van der Waals surface area contributed by atoms with E-state index < -0.39 is 5.60 Å². The molecule has 4 heterocycles. The SMILES string of the molecule is CCn1cc(-c2ccnc(Cc3cccc(OC4CCN(C(=O)OC(C)(C)C)CC4)c3)n2)c(-c2cccnc2)n1. The Kier molecular flexibility index (Phi) is 8.09. The number of aryl methyl sites for hydroxylation is 1. The average molecular weight is 541 g/mol. The zero-order valence-corrected chi connectivity index (χ0v) is 23.6. The Morgan fingerprint density at radius 1 is 1.07 bits per heavy atom. The second-order valence-electron chi connectivity index (χ2n) is 11.0. The molecule has 1 aromatic carbocycles. The number of benzene rings is 1. The van der Waals surface area contributed by atoms with Crippen molar-refractivity contribution in [3.63, 3.8) is 0 Å². The van der Waals surface area contributed by atoms with Crippen LogP contribution in [0.4, 0.5) is 4.79 Å². The van der Waals surface area contributed by atoms with E-state index in [9.17, 15) is 4.79 Å². The number of piperidine rings is 1. The molecule has 9 heteroatoms. The first-order valence-corrected chi connectivity index (χ1v) is 13.8. The quantitative estimate of drug-likeness (QED) is 0.293. The number of aromatic nitrogens is 5. The molecule has 0 spiro atoms. The molecule has 1 saturated heterocycles. The van der Waals surface area contributed by atoms with Crippen LogP contribution in [0.25, 0.3) is 22.5 Å². The van der Waals surface area contributed by atoms with E-state index in [1.165, 1.54) is 0 Å². The summed E-state index contributed by atoms with van der Waals surface area (Å²) in [5, 5.41) is 4.76. The van der Waals surface area contributed by atoms with Gasteiger partial charge >= 0.3 is 6.09 Å². The number of carbonyl (C=O) groups is 1. The summed E-state index contributed by atoms with van der Waals surface area (Å²) in [6, 6.07) is 13.9. The van der Waals surface area contributed by atoms with Gasteiger partial charge in [-0.05, 0) is 63.6 Å². The van der Waals surface area contributed by atoms with Gasteiger partial charge in [-0.1, -0.05) is 12.1 Å². The highest BCUT2D eigenvalue weighted by Gasteiger charge is 2.27. The van der Waals surface area contributed by atoms with Crippen molar-refractivity contribution in [2.75, 3.05) is 13.1 Å². The van der Waals surface area contributed by atoms with Gasteiger partial charge in [-0.3, -0.25) is 9.67 Å². The van der Waals surface area contributed by atoms with Crippen LogP contribution in [-0.2, 0) is 17.7 Å². The predicted octanol–water partition coefficient (Wildman–Crippen LogP) is 5.79. The smallest absolute Gasteiger partial charge is 0.410 e. The summed E-state index contributed by atoms with van der Waals surface area (Å²) >= 11 is 0. The minimum atomic E-state index is -0.493. The number of carbonyl (C=O) groups excluding carboxylic acids is 1. The molecule has 4 aromatic rings. The van der Waals surface area contributed by atoms with Crippen molar-refractivity contribution >= 4 is 6.09 Å². The van der Waals surface area contributed by atoms with Crippen LogP contribution in [0.2, 0.25) is 0 Å². The van der Waals surface area contributed by atoms with Crippen LogP contribution >= 0.6 is 0 Å². The molecule has 0 unspecified atom stereocenters. The van der Waals surface area contributed by atoms with Crippen molar-refractivity contribution in [3.8, 4) is 28.3 Å². The van der Waals surface area contributed by atoms with Crippen molar-refractivity contribution in [3.05, 3.63) is 78.6 Å². The summed E-state index contributed by atoms with van der Waals surface area (Å²) in [5.74, 6) is 1.54. The second kappa shape index (κ2) is 11.9. The monoisotopic (exact) mass is 540 g/mol. The van der Waals surface area contributed by atoms with E-state index in [0.717, 1.165) is 59.0 Å². The Bertz CT molecular complexity index is 1440. The van der Waals surface area contributed by atoms with Crippen LogP contribution in [0, 0.1) is 0 Å². The molecule has 1 aliphatic rings. The Morgan fingerprint density at radius 2 is 1.90 bits per heavy atom. The van der Waals surface area contributed by atoms with E-state index in [0.29, 0.717) is 19.5 Å². The Labute approximate surface area is 235 Å². The highest BCUT2D eigenvalue weighted by atomic mass is 16.6. The van der Waals surface area contributed by atoms with Gasteiger partial charge in [0.15, 0.2) is 0 Å². The minimum absolute atomic E-state index is 0.0505. The molecule has 0 N–H and O–H groups in total. The minimum Gasteiger partial charge on any atom is -0.490 e. The van der Waals surface area contributed by atoms with Crippen molar-refractivity contribution in [1.29, 1.82) is 0 Å². The molecule has 9 nitrogen and oxygen atoms in total. The van der Waals surface area contributed by atoms with Crippen molar-refractivity contribution in [1.82, 2.24) is 29.6 Å². The summed E-state index contributed by atoms with van der Waals surface area (Å²) in [5.41, 5.74) is 4.16. The van der Waals surface area contributed by atoms with E-state index >= 15 is 0 Å². The lowest BCUT2D eigenvalue weighted by molar-refractivity contribution is 0.0126. The van der Waals surface area contributed by atoms with Gasteiger partial charge in [-0.25, -0.2) is 14.8 Å². The third-order valence-electron chi connectivity index (χ3n) is 6.66. The van der Waals surface area contributed by atoms with Crippen LogP contribution in [-0.4, -0.2) is 60.5 Å². The highest BCUT2D eigenvalue weighted by molar-refractivity contribution is 5.78. The zero-order chi connectivity index (χ0) is 28.1. The van der Waals surface area contributed by atoms with E-state index in [1.54, 1.807) is 17.3 Å². The lowest BCUT2D eigenvalue weighted by atomic mass is 10.1. The summed E-state index contributed by atoms with van der Waals surface area (Å²) in [7, 11) is 0. The number of rotatable bonds is 7. The first kappa shape index (κ1) is 27.3. The Morgan fingerprint density at radius 3 is 2.62 bits per heavy atom. The van der Waals surface area contributed by atoms with Crippen LogP contribution in [0.5, 0.6) is 5.75 Å². The van der Waals surface area contributed by atoms with Gasteiger partial charge in [0.05, 0.1) is 5.69 Å². The van der Waals surface area contributed by atoms with Gasteiger partial charge in [0.2, 0.25) is 0 Å². The van der Waals surface area contributed by atoms with Gasteiger partial charge in [0.1, 0.15) is 29.0 Å². The van der Waals surface area contributed by atoms with E-state index in [1.807, 2.05) is 74.2 Å². The molecule has 1 aliphatic heterocycles. The van der Waals surface area contributed by atoms with E-state index in [2.05, 4.69) is 23.0 Å². The first-order valence-electron chi connectivity index (χ1n) is 13.8. The summed E-state index contributed by atoms with van der Waals surface area (Å²) in [6.45, 7) is 9.72. The maximum atomic E-state index is 12.4. The molecule has 3 aromatic heterocycles. The van der Waals surface area contributed by atoms with Crippen molar-refractivity contribution in [2.45, 2.75) is 65.2 Å². The molecule has 40 heavy (non-hydrogen) atoms. The van der Waals surface area contributed by atoms with Gasteiger partial charge in [0, 0.05) is 74.8 Å². The van der Waals surface area contributed by atoms with E-state index in [-0.39, 0.29) is 12.2 Å². The lowest BCUT2D eigenvalue weighted by Crippen LogP contribution is -2.44. The molecule has 0 bridgehead atoms. The molecule has 1 amide bonds. The average Bonchev–Trinajstić information content (AvgIpc) is 3.38.